The fourth-order valence-electron chi connectivity index (χ4n) is 2.44. The van der Waals surface area contributed by atoms with E-state index in [1.54, 1.807) is 24.0 Å². The number of hydrogen-bond acceptors (Lipinski definition) is 4. The molecular weight excluding hydrogens is 258 g/mol. The first-order chi connectivity index (χ1) is 9.66. The molecule has 0 bridgehead atoms. The number of rotatable bonds is 2. The number of fused-ring (bicyclic) bond motifs is 1. The van der Waals surface area contributed by atoms with Gasteiger partial charge in [0.15, 0.2) is 0 Å². The summed E-state index contributed by atoms with van der Waals surface area (Å²) >= 11 is 0. The van der Waals surface area contributed by atoms with Crippen molar-refractivity contribution in [3.8, 4) is 0 Å². The molecule has 2 N–H and O–H groups in total. The number of carbonyl (C=O) groups is 1. The third-order valence-electron chi connectivity index (χ3n) is 3.53. The molecule has 106 valence electrons. The number of aromatic amines is 1. The minimum atomic E-state index is -0.635. The van der Waals surface area contributed by atoms with Crippen LogP contribution < -0.4 is 0 Å². The van der Waals surface area contributed by atoms with Gasteiger partial charge in [-0.1, -0.05) is 6.07 Å². The van der Waals surface area contributed by atoms with Gasteiger partial charge in [-0.05, 0) is 19.1 Å². The second-order valence-electron chi connectivity index (χ2n) is 4.95. The van der Waals surface area contributed by atoms with Crippen molar-refractivity contribution >= 4 is 16.8 Å². The number of ether oxygens (including phenoxy) is 1. The molecule has 1 aliphatic rings. The van der Waals surface area contributed by atoms with Crippen LogP contribution in [0, 0.1) is 0 Å². The van der Waals surface area contributed by atoms with Crippen LogP contribution in [-0.2, 0) is 4.74 Å². The largest absolute Gasteiger partial charge is 0.387 e. The quantitative estimate of drug-likeness (QED) is 0.860. The highest BCUT2D eigenvalue weighted by Crippen LogP contribution is 2.23. The molecule has 1 aliphatic heterocycles. The number of nitrogens with one attached hydrogen (secondary N) is 1. The van der Waals surface area contributed by atoms with Crippen LogP contribution in [0.5, 0.6) is 0 Å². The second kappa shape index (κ2) is 5.22. The predicted octanol–water partition coefficient (Wildman–Crippen LogP) is 1.09. The van der Waals surface area contributed by atoms with Gasteiger partial charge in [-0.2, -0.15) is 5.10 Å². The fraction of sp³-hybridized carbons (Fsp3) is 0.429. The molecule has 1 amide bonds. The van der Waals surface area contributed by atoms with E-state index >= 15 is 0 Å². The molecule has 1 saturated heterocycles. The number of aliphatic hydroxyl groups is 1. The average molecular weight is 275 g/mol. The summed E-state index contributed by atoms with van der Waals surface area (Å²) in [6.45, 7) is 4.09. The number of H-pyrrole nitrogens is 1. The Labute approximate surface area is 116 Å². The highest BCUT2D eigenvalue weighted by atomic mass is 16.5. The van der Waals surface area contributed by atoms with Crippen molar-refractivity contribution < 1.29 is 14.6 Å². The molecule has 1 aromatic carbocycles. The van der Waals surface area contributed by atoms with Crippen molar-refractivity contribution in [2.24, 2.45) is 0 Å². The maximum Gasteiger partial charge on any atom is 0.254 e. The van der Waals surface area contributed by atoms with Gasteiger partial charge >= 0.3 is 0 Å². The van der Waals surface area contributed by atoms with E-state index in [4.69, 9.17) is 4.74 Å². The van der Waals surface area contributed by atoms with Gasteiger partial charge in [-0.3, -0.25) is 9.89 Å². The van der Waals surface area contributed by atoms with Gasteiger partial charge < -0.3 is 14.7 Å². The van der Waals surface area contributed by atoms with E-state index in [-0.39, 0.29) is 5.91 Å². The Hall–Kier alpha value is -1.92. The van der Waals surface area contributed by atoms with E-state index in [0.717, 1.165) is 10.9 Å². The smallest absolute Gasteiger partial charge is 0.254 e. The van der Waals surface area contributed by atoms with Crippen LogP contribution in [0.1, 0.15) is 29.1 Å². The number of hydrogen-bond donors (Lipinski definition) is 2. The summed E-state index contributed by atoms with van der Waals surface area (Å²) < 4.78 is 5.25. The highest BCUT2D eigenvalue weighted by molar-refractivity contribution is 5.98. The summed E-state index contributed by atoms with van der Waals surface area (Å²) in [6, 6.07) is 5.39. The van der Waals surface area contributed by atoms with Crippen LogP contribution in [0.4, 0.5) is 0 Å². The molecule has 0 aliphatic carbocycles. The Morgan fingerprint density at radius 3 is 2.90 bits per heavy atom. The lowest BCUT2D eigenvalue weighted by molar-refractivity contribution is 0.0303. The van der Waals surface area contributed by atoms with Crippen LogP contribution in [0.3, 0.4) is 0 Å². The lowest BCUT2D eigenvalue weighted by atomic mass is 10.1. The van der Waals surface area contributed by atoms with Crippen molar-refractivity contribution in [3.63, 3.8) is 0 Å². The van der Waals surface area contributed by atoms with E-state index in [1.807, 2.05) is 6.07 Å². The van der Waals surface area contributed by atoms with E-state index < -0.39 is 6.10 Å². The average Bonchev–Trinajstić information content (AvgIpc) is 2.90. The van der Waals surface area contributed by atoms with Gasteiger partial charge in [0, 0.05) is 24.0 Å². The molecule has 0 radical (unpaired) electrons. The van der Waals surface area contributed by atoms with Crippen LogP contribution in [-0.4, -0.2) is 52.4 Å². The van der Waals surface area contributed by atoms with Crippen molar-refractivity contribution in [2.45, 2.75) is 13.0 Å². The number of aliphatic hydroxyl groups excluding tert-OH is 1. The standard InChI is InChI=1S/C14H17N3O3/c1-9(18)13-11-3-2-10(8-12(11)15-16-13)14(19)17-4-6-20-7-5-17/h2-3,8-9,18H,4-7H2,1H3,(H,15,16). The zero-order chi connectivity index (χ0) is 14.1. The molecule has 1 unspecified atom stereocenters. The van der Waals surface area contributed by atoms with E-state index in [0.29, 0.717) is 37.6 Å². The van der Waals surface area contributed by atoms with Gasteiger partial charge in [0.2, 0.25) is 0 Å². The van der Waals surface area contributed by atoms with Crippen LogP contribution >= 0.6 is 0 Å². The summed E-state index contributed by atoms with van der Waals surface area (Å²) in [5, 5.41) is 17.4. The van der Waals surface area contributed by atoms with E-state index in [9.17, 15) is 9.90 Å². The summed E-state index contributed by atoms with van der Waals surface area (Å²) in [5.74, 6) is 0.00315. The lowest BCUT2D eigenvalue weighted by Gasteiger charge is -2.26. The summed E-state index contributed by atoms with van der Waals surface area (Å²) in [5.41, 5.74) is 1.99. The number of nitrogens with zero attached hydrogens (tertiary/aromatic N) is 2. The van der Waals surface area contributed by atoms with Gasteiger partial charge in [0.25, 0.3) is 5.91 Å². The molecule has 1 atom stereocenters. The Kier molecular flexibility index (Phi) is 3.42. The fourth-order valence-corrected chi connectivity index (χ4v) is 2.44. The maximum atomic E-state index is 12.4. The molecular formula is C14H17N3O3. The van der Waals surface area contributed by atoms with Crippen molar-refractivity contribution in [3.05, 3.63) is 29.5 Å². The predicted molar refractivity (Wildman–Crippen MR) is 73.5 cm³/mol. The Bertz CT molecular complexity index is 630. The lowest BCUT2D eigenvalue weighted by Crippen LogP contribution is -2.40. The third-order valence-corrected chi connectivity index (χ3v) is 3.53. The molecule has 2 heterocycles. The van der Waals surface area contributed by atoms with Gasteiger partial charge in [0.05, 0.1) is 30.5 Å². The molecule has 2 aromatic rings. The number of amides is 1. The molecule has 0 spiro atoms. The maximum absolute atomic E-state index is 12.4. The van der Waals surface area contributed by atoms with Crippen LogP contribution in [0.2, 0.25) is 0 Å². The minimum absolute atomic E-state index is 0.00315. The minimum Gasteiger partial charge on any atom is -0.387 e. The number of morpholine rings is 1. The first-order valence-corrected chi connectivity index (χ1v) is 6.70. The highest BCUT2D eigenvalue weighted by Gasteiger charge is 2.19. The Balaban J connectivity index is 1.91. The molecule has 0 saturated carbocycles. The molecule has 1 aromatic heterocycles. The van der Waals surface area contributed by atoms with Crippen LogP contribution in [0.15, 0.2) is 18.2 Å². The van der Waals surface area contributed by atoms with E-state index in [1.165, 1.54) is 0 Å². The molecule has 1 fully saturated rings. The van der Waals surface area contributed by atoms with Crippen LogP contribution in [0.25, 0.3) is 10.9 Å². The number of carbonyl (C=O) groups excluding carboxylic acids is 1. The molecule has 20 heavy (non-hydrogen) atoms. The molecule has 6 heteroatoms. The third kappa shape index (κ3) is 2.28. The monoisotopic (exact) mass is 275 g/mol. The topological polar surface area (TPSA) is 78.5 Å². The SMILES string of the molecule is CC(O)c1n[nH]c2cc(C(=O)N3CCOCC3)ccc12. The van der Waals surface area contributed by atoms with Crippen molar-refractivity contribution in [2.75, 3.05) is 26.3 Å². The Morgan fingerprint density at radius 1 is 1.45 bits per heavy atom. The first kappa shape index (κ1) is 13.1. The van der Waals surface area contributed by atoms with Gasteiger partial charge in [-0.25, -0.2) is 0 Å². The molecule has 6 nitrogen and oxygen atoms in total. The van der Waals surface area contributed by atoms with E-state index in [2.05, 4.69) is 10.2 Å². The number of benzene rings is 1. The zero-order valence-electron chi connectivity index (χ0n) is 11.3. The second-order valence-corrected chi connectivity index (χ2v) is 4.95. The van der Waals surface area contributed by atoms with Crippen molar-refractivity contribution in [1.29, 1.82) is 0 Å². The van der Waals surface area contributed by atoms with Gasteiger partial charge in [0.1, 0.15) is 0 Å². The summed E-state index contributed by atoms with van der Waals surface area (Å²) in [7, 11) is 0. The number of aromatic nitrogens is 2. The zero-order valence-corrected chi connectivity index (χ0v) is 11.3. The molecule has 3 rings (SSSR count). The Morgan fingerprint density at radius 2 is 2.20 bits per heavy atom. The summed E-state index contributed by atoms with van der Waals surface area (Å²) in [4.78, 5) is 14.2. The first-order valence-electron chi connectivity index (χ1n) is 6.70. The van der Waals surface area contributed by atoms with Crippen molar-refractivity contribution in [1.82, 2.24) is 15.1 Å². The van der Waals surface area contributed by atoms with Gasteiger partial charge in [-0.15, -0.1) is 0 Å². The normalized spacial score (nSPS) is 17.4. The summed E-state index contributed by atoms with van der Waals surface area (Å²) in [6.07, 6.45) is -0.635.